The van der Waals surface area contributed by atoms with Crippen molar-refractivity contribution in [1.29, 1.82) is 0 Å². The molecule has 1 saturated carbocycles. The number of hydrogen-bond acceptors (Lipinski definition) is 4. The molecule has 0 aromatic carbocycles. The minimum absolute atomic E-state index is 0. The number of fused-ring (bicyclic) bond motifs is 1. The molecule has 7 nitrogen and oxygen atoms in total. The van der Waals surface area contributed by atoms with E-state index in [9.17, 15) is 9.59 Å². The van der Waals surface area contributed by atoms with Crippen molar-refractivity contribution < 1.29 is 4.79 Å². The first kappa shape index (κ1) is 23.5. The highest BCUT2D eigenvalue weighted by atomic mass is 35.5. The van der Waals surface area contributed by atoms with Crippen molar-refractivity contribution in [1.82, 2.24) is 20.1 Å². The van der Waals surface area contributed by atoms with Crippen molar-refractivity contribution in [3.8, 4) is 0 Å². The lowest BCUT2D eigenvalue weighted by Gasteiger charge is -2.28. The molecule has 9 heteroatoms. The minimum Gasteiger partial charge on any atom is -0.349 e. The summed E-state index contributed by atoms with van der Waals surface area (Å²) in [7, 11) is 1.77. The summed E-state index contributed by atoms with van der Waals surface area (Å²) in [5, 5.41) is 6.50. The Kier molecular flexibility index (Phi) is 7.89. The summed E-state index contributed by atoms with van der Waals surface area (Å²) < 4.78 is 1.64. The number of nitrogens with zero attached hydrogens (tertiary/aromatic N) is 2. The van der Waals surface area contributed by atoms with Crippen LogP contribution in [-0.2, 0) is 18.3 Å². The standard InChI is InChI=1S/C18H27N5O2.2ClH/c1-11-13(12(2)20-16-15(11)17(25)22-23(16)3)6-7-14(24)21-18(10-19)8-4-5-9-18;;/h4-10,19H2,1-3H3,(H,21,24)(H,22,25);2*1H. The Morgan fingerprint density at radius 1 is 1.30 bits per heavy atom. The van der Waals surface area contributed by atoms with Gasteiger partial charge in [0.2, 0.25) is 5.91 Å². The smallest absolute Gasteiger partial charge is 0.273 e. The van der Waals surface area contributed by atoms with Gasteiger partial charge in [-0.05, 0) is 44.2 Å². The third-order valence-electron chi connectivity index (χ3n) is 5.53. The van der Waals surface area contributed by atoms with E-state index < -0.39 is 0 Å². The number of aromatic nitrogens is 3. The van der Waals surface area contributed by atoms with Gasteiger partial charge in [-0.1, -0.05) is 12.8 Å². The van der Waals surface area contributed by atoms with Crippen LogP contribution in [0.5, 0.6) is 0 Å². The molecule has 0 spiro atoms. The van der Waals surface area contributed by atoms with E-state index in [4.69, 9.17) is 5.73 Å². The summed E-state index contributed by atoms with van der Waals surface area (Å²) in [5.74, 6) is 0.0215. The predicted octanol–water partition coefficient (Wildman–Crippen LogP) is 2.04. The molecule has 0 aliphatic heterocycles. The van der Waals surface area contributed by atoms with E-state index in [1.807, 2.05) is 13.8 Å². The predicted molar refractivity (Wildman–Crippen MR) is 112 cm³/mol. The third-order valence-corrected chi connectivity index (χ3v) is 5.53. The number of carbonyl (C=O) groups is 1. The van der Waals surface area contributed by atoms with Crippen LogP contribution >= 0.6 is 24.8 Å². The summed E-state index contributed by atoms with van der Waals surface area (Å²) in [5.41, 5.74) is 8.93. The van der Waals surface area contributed by atoms with Gasteiger partial charge < -0.3 is 11.1 Å². The van der Waals surface area contributed by atoms with E-state index in [2.05, 4.69) is 15.4 Å². The molecular formula is C18H29Cl2N5O2. The molecule has 2 aromatic heterocycles. The second-order valence-electron chi connectivity index (χ2n) is 7.24. The lowest BCUT2D eigenvalue weighted by molar-refractivity contribution is -0.122. The molecule has 0 bridgehead atoms. The van der Waals surface area contributed by atoms with Crippen LogP contribution in [0.3, 0.4) is 0 Å². The Labute approximate surface area is 171 Å². The van der Waals surface area contributed by atoms with E-state index in [0.29, 0.717) is 30.4 Å². The Hall–Kier alpha value is -1.57. The van der Waals surface area contributed by atoms with Crippen LogP contribution in [0.4, 0.5) is 0 Å². The van der Waals surface area contributed by atoms with Gasteiger partial charge in [0.1, 0.15) is 0 Å². The Morgan fingerprint density at radius 2 is 1.93 bits per heavy atom. The number of rotatable bonds is 5. The highest BCUT2D eigenvalue weighted by Gasteiger charge is 2.33. The molecule has 2 heterocycles. The van der Waals surface area contributed by atoms with Crippen LogP contribution in [0.15, 0.2) is 4.79 Å². The number of nitrogens with two attached hydrogens (primary N) is 1. The first-order valence-corrected chi connectivity index (χ1v) is 8.93. The van der Waals surface area contributed by atoms with Crippen molar-refractivity contribution in [2.24, 2.45) is 12.8 Å². The van der Waals surface area contributed by atoms with Gasteiger partial charge in [-0.3, -0.25) is 19.4 Å². The number of nitrogens with one attached hydrogen (secondary N) is 2. The molecule has 0 atom stereocenters. The van der Waals surface area contributed by atoms with E-state index in [1.54, 1.807) is 11.7 Å². The highest BCUT2D eigenvalue weighted by molar-refractivity contribution is 5.85. The first-order chi connectivity index (χ1) is 11.9. The quantitative estimate of drug-likeness (QED) is 0.691. The fraction of sp³-hybridized carbons (Fsp3) is 0.611. The van der Waals surface area contributed by atoms with Crippen LogP contribution in [-0.4, -0.2) is 32.8 Å². The maximum absolute atomic E-state index is 12.4. The molecule has 27 heavy (non-hydrogen) atoms. The second-order valence-corrected chi connectivity index (χ2v) is 7.24. The van der Waals surface area contributed by atoms with Crippen LogP contribution < -0.4 is 16.6 Å². The summed E-state index contributed by atoms with van der Waals surface area (Å²) in [4.78, 5) is 29.1. The molecule has 0 radical (unpaired) electrons. The highest BCUT2D eigenvalue weighted by Crippen LogP contribution is 2.29. The zero-order valence-corrected chi connectivity index (χ0v) is 17.7. The molecule has 4 N–H and O–H groups in total. The molecule has 1 fully saturated rings. The summed E-state index contributed by atoms with van der Waals surface area (Å²) in [6.45, 7) is 4.34. The van der Waals surface area contributed by atoms with Crippen LogP contribution in [0, 0.1) is 13.8 Å². The topological polar surface area (TPSA) is 106 Å². The first-order valence-electron chi connectivity index (χ1n) is 8.93. The number of aryl methyl sites for hydroxylation is 3. The zero-order valence-electron chi connectivity index (χ0n) is 16.1. The maximum Gasteiger partial charge on any atom is 0.273 e. The van der Waals surface area contributed by atoms with Gasteiger partial charge in [0.05, 0.1) is 10.9 Å². The molecule has 152 valence electrons. The number of pyridine rings is 1. The molecule has 1 aliphatic carbocycles. The maximum atomic E-state index is 12.4. The average molecular weight is 418 g/mol. The van der Waals surface area contributed by atoms with Gasteiger partial charge in [0.15, 0.2) is 5.65 Å². The van der Waals surface area contributed by atoms with Crippen LogP contribution in [0.25, 0.3) is 11.0 Å². The number of amides is 1. The van der Waals surface area contributed by atoms with Crippen LogP contribution in [0.2, 0.25) is 0 Å². The summed E-state index contributed by atoms with van der Waals surface area (Å²) in [6.07, 6.45) is 5.10. The largest absolute Gasteiger partial charge is 0.349 e. The SMILES string of the molecule is Cc1nc2c(c(C)c1CCC(=O)NC1(CN)CCCC1)c(=O)[nH]n2C.Cl.Cl. The van der Waals surface area contributed by atoms with E-state index in [-0.39, 0.29) is 41.8 Å². The number of halogens is 2. The van der Waals surface area contributed by atoms with Gasteiger partial charge in [-0.2, -0.15) is 0 Å². The molecule has 1 amide bonds. The number of aromatic amines is 1. The van der Waals surface area contributed by atoms with E-state index >= 15 is 0 Å². The average Bonchev–Trinajstić information content (AvgIpc) is 3.12. The minimum atomic E-state index is -0.222. The van der Waals surface area contributed by atoms with Gasteiger partial charge in [-0.25, -0.2) is 4.98 Å². The summed E-state index contributed by atoms with van der Waals surface area (Å²) in [6, 6.07) is 0. The van der Waals surface area contributed by atoms with Gasteiger partial charge >= 0.3 is 0 Å². The monoisotopic (exact) mass is 417 g/mol. The van der Waals surface area contributed by atoms with Crippen molar-refractivity contribution in [2.75, 3.05) is 6.54 Å². The summed E-state index contributed by atoms with van der Waals surface area (Å²) >= 11 is 0. The van der Waals surface area contributed by atoms with Crippen molar-refractivity contribution in [3.05, 3.63) is 27.2 Å². The third kappa shape index (κ3) is 4.47. The lowest BCUT2D eigenvalue weighted by atomic mass is 9.96. The van der Waals surface area contributed by atoms with Crippen molar-refractivity contribution in [3.63, 3.8) is 0 Å². The number of hydrogen-bond donors (Lipinski definition) is 3. The molecule has 0 unspecified atom stereocenters. The van der Waals surface area contributed by atoms with Gasteiger partial charge in [0, 0.05) is 25.7 Å². The fourth-order valence-corrected chi connectivity index (χ4v) is 4.05. The van der Waals surface area contributed by atoms with Crippen LogP contribution in [0.1, 0.15) is 48.9 Å². The van der Waals surface area contributed by atoms with Gasteiger partial charge in [-0.15, -0.1) is 24.8 Å². The van der Waals surface area contributed by atoms with E-state index in [1.165, 1.54) is 0 Å². The Balaban J connectivity index is 0.00000182. The number of H-pyrrole nitrogens is 1. The Morgan fingerprint density at radius 3 is 2.52 bits per heavy atom. The molecule has 1 aliphatic rings. The van der Waals surface area contributed by atoms with E-state index in [0.717, 1.165) is 42.5 Å². The lowest BCUT2D eigenvalue weighted by Crippen LogP contribution is -2.51. The zero-order chi connectivity index (χ0) is 18.2. The fourth-order valence-electron chi connectivity index (χ4n) is 4.05. The molecule has 3 rings (SSSR count). The number of carbonyl (C=O) groups excluding carboxylic acids is 1. The second kappa shape index (κ2) is 9.08. The molecule has 0 saturated heterocycles. The molecule has 2 aromatic rings. The van der Waals surface area contributed by atoms with Crippen molar-refractivity contribution in [2.45, 2.75) is 57.9 Å². The molecular weight excluding hydrogens is 389 g/mol. The normalized spacial score (nSPS) is 15.3. The van der Waals surface area contributed by atoms with Gasteiger partial charge in [0.25, 0.3) is 5.56 Å². The Bertz CT molecular complexity index is 869. The van der Waals surface area contributed by atoms with Crippen molar-refractivity contribution >= 4 is 41.8 Å².